The molecule has 3 saturated heterocycles. The predicted molar refractivity (Wildman–Crippen MR) is 272 cm³/mol. The van der Waals surface area contributed by atoms with E-state index in [4.69, 9.17) is 19.4 Å². The van der Waals surface area contributed by atoms with Gasteiger partial charge in [0.1, 0.15) is 17.7 Å². The number of hydrogen-bond acceptors (Lipinski definition) is 7. The van der Waals surface area contributed by atoms with Crippen molar-refractivity contribution in [2.24, 2.45) is 17.8 Å². The number of likely N-dealkylation sites (tertiary alicyclic amines) is 2. The molecule has 17 heteroatoms. The fourth-order valence-corrected chi connectivity index (χ4v) is 9.01. The van der Waals surface area contributed by atoms with Crippen molar-refractivity contribution in [1.82, 2.24) is 35.1 Å². The molecule has 0 saturated carbocycles. The number of aromatic amines is 2. The number of aromatic nitrogens is 4. The first-order valence-electron chi connectivity index (χ1n) is 20.6. The molecule has 3 aromatic carbocycles. The Bertz CT molecular complexity index is 2300. The van der Waals surface area contributed by atoms with Gasteiger partial charge in [0.2, 0.25) is 11.8 Å². The Morgan fingerprint density at radius 1 is 0.806 bits per heavy atom. The number of H-pyrrole nitrogens is 2. The molecule has 5 atom stereocenters. The summed E-state index contributed by atoms with van der Waals surface area (Å²) in [6.45, 7) is 12.0. The Hall–Kier alpha value is -3.48. The van der Waals surface area contributed by atoms with Crippen molar-refractivity contribution in [3.63, 3.8) is 0 Å². The average molecular weight is 944 g/mol. The number of methoxy groups -OCH3 is 1. The average Bonchev–Trinajstić information content (AvgIpc) is 4.05. The SMILES string of the molecule is COC(=O)N[C@H](C(=O)N1CCC[C@H]1c1nc2c(ccc3cc(-c4ccc(-c5cnc([C@@H]6C[C@@]7(CCCCO7)CN6C(=O)[C@@H](C)C(C)C)[nH]5)cc4)ccc32)[nH]1)C(C)C.S.S.S.S.S. The molecule has 3 N–H and O–H groups in total. The minimum atomic E-state index is -0.685. The van der Waals surface area contributed by atoms with Gasteiger partial charge in [0, 0.05) is 30.9 Å². The molecule has 5 aromatic rings. The van der Waals surface area contributed by atoms with Gasteiger partial charge in [-0.15, -0.1) is 0 Å². The molecule has 340 valence electrons. The van der Waals surface area contributed by atoms with E-state index in [0.29, 0.717) is 13.1 Å². The number of alkyl carbamates (subject to hydrolysis) is 1. The number of hydrogen-bond donors (Lipinski definition) is 3. The molecular formula is C45H65N7O5S5. The molecule has 3 aliphatic heterocycles. The van der Waals surface area contributed by atoms with Crippen LogP contribution in [0.25, 0.3) is 44.2 Å². The van der Waals surface area contributed by atoms with Gasteiger partial charge in [0.15, 0.2) is 0 Å². The summed E-state index contributed by atoms with van der Waals surface area (Å²) in [7, 11) is 1.30. The highest BCUT2D eigenvalue weighted by Gasteiger charge is 2.50. The maximum Gasteiger partial charge on any atom is 0.407 e. The van der Waals surface area contributed by atoms with Gasteiger partial charge in [-0.3, -0.25) is 9.59 Å². The molecule has 1 spiro atoms. The lowest BCUT2D eigenvalue weighted by atomic mass is 9.91. The highest BCUT2D eigenvalue weighted by Crippen LogP contribution is 2.45. The summed E-state index contributed by atoms with van der Waals surface area (Å²) in [4.78, 5) is 60.3. The number of amides is 3. The van der Waals surface area contributed by atoms with Crippen molar-refractivity contribution in [2.75, 3.05) is 26.8 Å². The number of imidazole rings is 2. The number of nitrogens with zero attached hydrogens (tertiary/aromatic N) is 4. The minimum absolute atomic E-state index is 0. The normalized spacial score (nSPS) is 20.5. The maximum absolute atomic E-state index is 13.8. The Balaban J connectivity index is 0.00000205. The molecule has 0 bridgehead atoms. The molecule has 0 unspecified atom stereocenters. The van der Waals surface area contributed by atoms with E-state index in [1.807, 2.05) is 36.8 Å². The summed E-state index contributed by atoms with van der Waals surface area (Å²) in [5, 5.41) is 4.83. The Labute approximate surface area is 400 Å². The van der Waals surface area contributed by atoms with Gasteiger partial charge in [-0.25, -0.2) is 14.8 Å². The van der Waals surface area contributed by atoms with Gasteiger partial charge in [0.25, 0.3) is 0 Å². The number of ether oxygens (including phenoxy) is 2. The summed E-state index contributed by atoms with van der Waals surface area (Å²) in [6.07, 6.45) is 6.84. The molecule has 62 heavy (non-hydrogen) atoms. The lowest BCUT2D eigenvalue weighted by Crippen LogP contribution is -2.51. The quantitative estimate of drug-likeness (QED) is 0.134. The first kappa shape index (κ1) is 52.9. The van der Waals surface area contributed by atoms with E-state index in [-0.39, 0.29) is 115 Å². The molecule has 0 aliphatic carbocycles. The van der Waals surface area contributed by atoms with Crippen LogP contribution < -0.4 is 5.32 Å². The monoisotopic (exact) mass is 943 g/mol. The predicted octanol–water partition coefficient (Wildman–Crippen LogP) is 8.89. The second-order valence-electron chi connectivity index (χ2n) is 17.0. The van der Waals surface area contributed by atoms with Crippen LogP contribution >= 0.6 is 67.5 Å². The lowest BCUT2D eigenvalue weighted by molar-refractivity contribution is -0.139. The summed E-state index contributed by atoms with van der Waals surface area (Å²) in [5.41, 5.74) is 5.63. The standard InChI is InChI=1S/C45H55N7O5.5H2S/c1-26(2)28(5)42(53)52-25-45(19-7-8-21-57-45)23-37(52)40-46-24-35(48-40)30-13-11-29(12-14-30)31-15-17-33-32(22-31)16-18-34-39(33)49-41(47-34)36-10-9-20-51(36)43(54)38(27(3)4)50-44(55)56-6;;;;;/h11-18,22,24,26-28,36-38H,7-10,19-21,23,25H2,1-6H3,(H,46,48)(H,47,49)(H,50,55);5*1H2/t28-,36-,37-,38-,45-;;;;;/m0...../s1. The van der Waals surface area contributed by atoms with Crippen LogP contribution in [-0.2, 0) is 19.1 Å². The molecule has 3 aliphatic rings. The van der Waals surface area contributed by atoms with E-state index in [1.54, 1.807) is 0 Å². The summed E-state index contributed by atoms with van der Waals surface area (Å²) in [5.74, 6) is 1.69. The van der Waals surface area contributed by atoms with Gasteiger partial charge in [-0.1, -0.05) is 77.1 Å². The zero-order valence-electron chi connectivity index (χ0n) is 36.4. The van der Waals surface area contributed by atoms with Crippen LogP contribution in [0.15, 0.2) is 60.8 Å². The van der Waals surface area contributed by atoms with Crippen LogP contribution in [0.1, 0.15) is 96.9 Å². The summed E-state index contributed by atoms with van der Waals surface area (Å²) < 4.78 is 11.2. The third-order valence-electron chi connectivity index (χ3n) is 12.7. The fraction of sp³-hybridized carbons (Fsp3) is 0.489. The highest BCUT2D eigenvalue weighted by atomic mass is 32.1. The molecular weight excluding hydrogens is 879 g/mol. The second kappa shape index (κ2) is 21.9. The summed E-state index contributed by atoms with van der Waals surface area (Å²) >= 11 is 0. The number of rotatable bonds is 9. The third kappa shape index (κ3) is 10.4. The number of fused-ring (bicyclic) bond motifs is 3. The lowest BCUT2D eigenvalue weighted by Gasteiger charge is -2.33. The second-order valence-corrected chi connectivity index (χ2v) is 17.0. The Morgan fingerprint density at radius 3 is 2.18 bits per heavy atom. The van der Waals surface area contributed by atoms with Crippen molar-refractivity contribution < 1.29 is 23.9 Å². The molecule has 5 heterocycles. The maximum atomic E-state index is 13.8. The van der Waals surface area contributed by atoms with Crippen molar-refractivity contribution in [3.05, 3.63) is 72.4 Å². The Kier molecular flexibility index (Phi) is 18.7. The van der Waals surface area contributed by atoms with E-state index < -0.39 is 12.1 Å². The smallest absolute Gasteiger partial charge is 0.407 e. The molecule has 8 rings (SSSR count). The van der Waals surface area contributed by atoms with Gasteiger partial charge in [-0.05, 0) is 78.1 Å². The zero-order chi connectivity index (χ0) is 40.0. The topological polar surface area (TPSA) is 146 Å². The van der Waals surface area contributed by atoms with Crippen molar-refractivity contribution in [1.29, 1.82) is 0 Å². The van der Waals surface area contributed by atoms with E-state index in [1.165, 1.54) is 7.11 Å². The first-order chi connectivity index (χ1) is 27.4. The van der Waals surface area contributed by atoms with Crippen LogP contribution in [0.5, 0.6) is 0 Å². The largest absolute Gasteiger partial charge is 0.453 e. The number of benzene rings is 3. The van der Waals surface area contributed by atoms with Crippen LogP contribution in [-0.4, -0.2) is 86.1 Å². The molecule has 3 amide bonds. The van der Waals surface area contributed by atoms with E-state index in [9.17, 15) is 14.4 Å². The van der Waals surface area contributed by atoms with Crippen LogP contribution in [0.2, 0.25) is 0 Å². The van der Waals surface area contributed by atoms with Crippen molar-refractivity contribution >= 4 is 107 Å². The van der Waals surface area contributed by atoms with E-state index >= 15 is 0 Å². The molecule has 12 nitrogen and oxygen atoms in total. The first-order valence-corrected chi connectivity index (χ1v) is 20.6. The van der Waals surface area contributed by atoms with Gasteiger partial charge < -0.3 is 34.6 Å². The van der Waals surface area contributed by atoms with E-state index in [0.717, 1.165) is 101 Å². The Morgan fingerprint density at radius 2 is 1.52 bits per heavy atom. The highest BCUT2D eigenvalue weighted by molar-refractivity contribution is 7.60. The van der Waals surface area contributed by atoms with Crippen LogP contribution in [0, 0.1) is 17.8 Å². The molecule has 3 fully saturated rings. The van der Waals surface area contributed by atoms with Crippen LogP contribution in [0.4, 0.5) is 4.79 Å². The van der Waals surface area contributed by atoms with Crippen molar-refractivity contribution in [2.45, 2.75) is 96.9 Å². The van der Waals surface area contributed by atoms with E-state index in [2.05, 4.69) is 83.7 Å². The number of carbonyl (C=O) groups is 3. The van der Waals surface area contributed by atoms with Gasteiger partial charge >= 0.3 is 6.09 Å². The molecule has 0 radical (unpaired) electrons. The number of carbonyl (C=O) groups excluding carboxylic acids is 3. The number of nitrogens with one attached hydrogen (secondary N) is 3. The third-order valence-corrected chi connectivity index (χ3v) is 12.7. The van der Waals surface area contributed by atoms with Gasteiger partial charge in [-0.2, -0.15) is 67.5 Å². The van der Waals surface area contributed by atoms with Crippen LogP contribution in [0.3, 0.4) is 0 Å². The van der Waals surface area contributed by atoms with Gasteiger partial charge in [0.05, 0.1) is 54.3 Å². The van der Waals surface area contributed by atoms with Crippen molar-refractivity contribution in [3.8, 4) is 22.4 Å². The summed E-state index contributed by atoms with van der Waals surface area (Å²) in [6, 6.07) is 18.1. The minimum Gasteiger partial charge on any atom is -0.453 e. The zero-order valence-corrected chi connectivity index (χ0v) is 41.4. The molecule has 2 aromatic heterocycles. The fourth-order valence-electron chi connectivity index (χ4n) is 9.01.